The van der Waals surface area contributed by atoms with Crippen LogP contribution in [-0.2, 0) is 4.79 Å². The number of anilines is 1. The number of nitrogens with one attached hydrogen (secondary N) is 2. The van der Waals surface area contributed by atoms with Gasteiger partial charge in [-0.25, -0.2) is 10.5 Å². The van der Waals surface area contributed by atoms with Crippen LogP contribution in [0.15, 0.2) is 16.7 Å². The highest BCUT2D eigenvalue weighted by molar-refractivity contribution is 9.10. The smallest absolute Gasteiger partial charge is 0.262 e. The van der Waals surface area contributed by atoms with Crippen molar-refractivity contribution in [1.29, 1.82) is 0 Å². The van der Waals surface area contributed by atoms with E-state index in [1.807, 2.05) is 23.6 Å². The molecular weight excluding hydrogens is 372 g/mol. The summed E-state index contributed by atoms with van der Waals surface area (Å²) >= 11 is 3.51. The van der Waals surface area contributed by atoms with E-state index >= 15 is 0 Å². The van der Waals surface area contributed by atoms with Crippen LogP contribution < -0.4 is 10.8 Å². The van der Waals surface area contributed by atoms with E-state index in [4.69, 9.17) is 5.21 Å². The Morgan fingerprint density at radius 1 is 1.46 bits per heavy atom. The molecule has 2 aromatic rings. The summed E-state index contributed by atoms with van der Waals surface area (Å²) in [6.07, 6.45) is 6.17. The van der Waals surface area contributed by atoms with Crippen LogP contribution in [0.4, 0.5) is 5.82 Å². The monoisotopic (exact) mass is 392 g/mol. The molecule has 0 saturated carbocycles. The molecule has 2 aromatic heterocycles. The first kappa shape index (κ1) is 18.3. The van der Waals surface area contributed by atoms with Crippen molar-refractivity contribution in [3.8, 4) is 11.8 Å². The topological polar surface area (TPSA) is 78.7 Å². The average Bonchev–Trinajstić information content (AvgIpc) is 2.90. The highest BCUT2D eigenvalue weighted by atomic mass is 79.9. The Balaban J connectivity index is 2.37. The third kappa shape index (κ3) is 4.49. The van der Waals surface area contributed by atoms with Gasteiger partial charge in [0.05, 0.1) is 11.0 Å². The number of unbranched alkanes of at least 4 members (excludes halogenated alkanes) is 3. The Morgan fingerprint density at radius 3 is 2.96 bits per heavy atom. The van der Waals surface area contributed by atoms with Crippen LogP contribution in [-0.4, -0.2) is 27.0 Å². The summed E-state index contributed by atoms with van der Waals surface area (Å²) in [7, 11) is 0. The van der Waals surface area contributed by atoms with Crippen LogP contribution in [0.2, 0.25) is 0 Å². The van der Waals surface area contributed by atoms with E-state index in [9.17, 15) is 4.79 Å². The van der Waals surface area contributed by atoms with Gasteiger partial charge in [-0.05, 0) is 46.8 Å². The predicted octanol–water partition coefficient (Wildman–Crippen LogP) is 3.25. The van der Waals surface area contributed by atoms with E-state index in [1.54, 1.807) is 5.48 Å². The Bertz CT molecular complexity index is 789. The van der Waals surface area contributed by atoms with Crippen LogP contribution in [0.25, 0.3) is 5.65 Å². The molecule has 2 heterocycles. The van der Waals surface area contributed by atoms with Gasteiger partial charge in [-0.1, -0.05) is 25.7 Å². The number of fused-ring (bicyclic) bond motifs is 1. The number of pyridine rings is 1. The lowest BCUT2D eigenvalue weighted by molar-refractivity contribution is -0.127. The van der Waals surface area contributed by atoms with Gasteiger partial charge in [0.2, 0.25) is 0 Å². The largest absolute Gasteiger partial charge is 0.359 e. The molecule has 0 aromatic carbocycles. The molecule has 0 fully saturated rings. The maximum Gasteiger partial charge on any atom is 0.262 e. The number of aryl methyl sites for hydroxylation is 1. The summed E-state index contributed by atoms with van der Waals surface area (Å²) in [5.41, 5.74) is 4.10. The third-order valence-corrected chi connectivity index (χ3v) is 4.05. The van der Waals surface area contributed by atoms with Crippen molar-refractivity contribution in [2.24, 2.45) is 0 Å². The number of carbonyl (C=O) groups is 1. The number of rotatable bonds is 6. The highest BCUT2D eigenvalue weighted by Gasteiger charge is 2.14. The van der Waals surface area contributed by atoms with E-state index in [-0.39, 0.29) is 6.54 Å². The lowest BCUT2D eigenvalue weighted by Gasteiger charge is -2.02. The Hall–Kier alpha value is -2.04. The summed E-state index contributed by atoms with van der Waals surface area (Å²) in [6.45, 7) is 4.07. The molecular formula is C17H21BrN4O2. The number of halogens is 1. The first-order valence-corrected chi connectivity index (χ1v) is 8.70. The highest BCUT2D eigenvalue weighted by Crippen LogP contribution is 2.24. The fraction of sp³-hybridized carbons (Fsp3) is 0.412. The zero-order valence-corrected chi connectivity index (χ0v) is 15.4. The van der Waals surface area contributed by atoms with Crippen LogP contribution in [0.3, 0.4) is 0 Å². The molecule has 24 heavy (non-hydrogen) atoms. The van der Waals surface area contributed by atoms with Gasteiger partial charge >= 0.3 is 0 Å². The van der Waals surface area contributed by atoms with Gasteiger partial charge in [0.1, 0.15) is 5.69 Å². The van der Waals surface area contributed by atoms with Crippen molar-refractivity contribution >= 4 is 33.3 Å². The molecule has 0 unspecified atom stereocenters. The first-order valence-electron chi connectivity index (χ1n) is 7.90. The molecule has 0 radical (unpaired) electrons. The molecule has 0 aliphatic carbocycles. The molecule has 128 valence electrons. The predicted molar refractivity (Wildman–Crippen MR) is 97.1 cm³/mol. The number of imidazole rings is 1. The van der Waals surface area contributed by atoms with Crippen molar-refractivity contribution < 1.29 is 10.0 Å². The molecule has 7 heteroatoms. The first-order chi connectivity index (χ1) is 11.6. The third-order valence-electron chi connectivity index (χ3n) is 3.47. The van der Waals surface area contributed by atoms with Gasteiger partial charge in [-0.3, -0.25) is 14.4 Å². The molecule has 0 aliphatic heterocycles. The number of nitrogens with zero attached hydrogens (tertiary/aromatic N) is 2. The lowest BCUT2D eigenvalue weighted by atomic mass is 10.2. The fourth-order valence-corrected chi connectivity index (χ4v) is 2.93. The lowest BCUT2D eigenvalue weighted by Crippen LogP contribution is -2.27. The minimum atomic E-state index is -0.538. The van der Waals surface area contributed by atoms with Gasteiger partial charge in [-0.15, -0.1) is 0 Å². The molecule has 0 spiro atoms. The zero-order chi connectivity index (χ0) is 17.5. The maximum atomic E-state index is 11.3. The van der Waals surface area contributed by atoms with E-state index in [2.05, 4.69) is 45.0 Å². The van der Waals surface area contributed by atoms with Crippen LogP contribution >= 0.6 is 15.9 Å². The standard InChI is InChI=1S/C17H21BrN4O2/c1-3-4-5-6-7-8-14-16(19-10-15(23)21-24)20-17-13(18)9-12(2)11-22(14)17/h9,11,19,24H,3-6,10H2,1-2H3,(H,21,23). The van der Waals surface area contributed by atoms with Crippen LogP contribution in [0, 0.1) is 18.8 Å². The van der Waals surface area contributed by atoms with Crippen molar-refractivity contribution in [3.63, 3.8) is 0 Å². The number of aromatic nitrogens is 2. The van der Waals surface area contributed by atoms with Gasteiger partial charge < -0.3 is 5.32 Å². The summed E-state index contributed by atoms with van der Waals surface area (Å²) in [4.78, 5) is 15.8. The van der Waals surface area contributed by atoms with E-state index in [0.29, 0.717) is 11.5 Å². The van der Waals surface area contributed by atoms with E-state index < -0.39 is 5.91 Å². The summed E-state index contributed by atoms with van der Waals surface area (Å²) in [5.74, 6) is 6.33. The summed E-state index contributed by atoms with van der Waals surface area (Å²) in [6, 6.07) is 1.98. The summed E-state index contributed by atoms with van der Waals surface area (Å²) in [5, 5.41) is 11.6. The SMILES string of the molecule is CCCCCC#Cc1c(NCC(=O)NO)nc2c(Br)cc(C)cn12. The quantitative estimate of drug-likeness (QED) is 0.305. The Kier molecular flexibility index (Phi) is 6.64. The molecule has 0 saturated heterocycles. The van der Waals surface area contributed by atoms with Gasteiger partial charge in [-0.2, -0.15) is 0 Å². The maximum absolute atomic E-state index is 11.3. The molecule has 6 nitrogen and oxygen atoms in total. The number of hydrogen-bond donors (Lipinski definition) is 3. The Labute approximate surface area is 149 Å². The van der Waals surface area contributed by atoms with Crippen molar-refractivity contribution in [1.82, 2.24) is 14.9 Å². The van der Waals surface area contributed by atoms with Crippen molar-refractivity contribution in [3.05, 3.63) is 28.0 Å². The normalized spacial score (nSPS) is 10.3. The van der Waals surface area contributed by atoms with Gasteiger partial charge in [0.25, 0.3) is 5.91 Å². The van der Waals surface area contributed by atoms with E-state index in [0.717, 1.165) is 41.4 Å². The molecule has 2 rings (SSSR count). The Morgan fingerprint density at radius 2 is 2.25 bits per heavy atom. The molecule has 0 aliphatic rings. The van der Waals surface area contributed by atoms with Crippen molar-refractivity contribution in [2.45, 2.75) is 39.5 Å². The average molecular weight is 393 g/mol. The van der Waals surface area contributed by atoms with Gasteiger partial charge in [0.15, 0.2) is 11.5 Å². The second-order valence-electron chi connectivity index (χ2n) is 5.52. The minimum Gasteiger partial charge on any atom is -0.359 e. The minimum absolute atomic E-state index is 0.0818. The molecule has 0 bridgehead atoms. The number of hydrogen-bond acceptors (Lipinski definition) is 4. The van der Waals surface area contributed by atoms with Crippen LogP contribution in [0.1, 0.15) is 43.9 Å². The van der Waals surface area contributed by atoms with Crippen molar-refractivity contribution in [2.75, 3.05) is 11.9 Å². The second-order valence-corrected chi connectivity index (χ2v) is 6.37. The van der Waals surface area contributed by atoms with E-state index in [1.165, 1.54) is 0 Å². The second kappa shape index (κ2) is 8.71. The zero-order valence-electron chi connectivity index (χ0n) is 13.8. The number of amides is 1. The number of carbonyl (C=O) groups excluding carboxylic acids is 1. The van der Waals surface area contributed by atoms with Gasteiger partial charge in [0, 0.05) is 12.6 Å². The molecule has 3 N–H and O–H groups in total. The number of hydroxylamine groups is 1. The fourth-order valence-electron chi connectivity index (χ4n) is 2.29. The molecule has 0 atom stereocenters. The van der Waals surface area contributed by atoms with Crippen LogP contribution in [0.5, 0.6) is 0 Å². The summed E-state index contributed by atoms with van der Waals surface area (Å²) < 4.78 is 2.77. The molecule has 1 amide bonds.